The fourth-order valence-electron chi connectivity index (χ4n) is 3.55. The van der Waals surface area contributed by atoms with E-state index in [1.54, 1.807) is 0 Å². The summed E-state index contributed by atoms with van der Waals surface area (Å²) in [6.45, 7) is 4.51. The van der Waals surface area contributed by atoms with E-state index < -0.39 is 0 Å². The van der Waals surface area contributed by atoms with Gasteiger partial charge >= 0.3 is 0 Å². The van der Waals surface area contributed by atoms with Crippen molar-refractivity contribution < 1.29 is 0 Å². The van der Waals surface area contributed by atoms with Crippen LogP contribution < -0.4 is 5.73 Å². The largest absolute Gasteiger partial charge is 0.368 e. The molecule has 0 saturated carbocycles. The summed E-state index contributed by atoms with van der Waals surface area (Å²) in [5.41, 5.74) is 7.24. The van der Waals surface area contributed by atoms with Crippen molar-refractivity contribution in [1.29, 1.82) is 0 Å². The molecule has 0 amide bonds. The van der Waals surface area contributed by atoms with Crippen molar-refractivity contribution in [3.8, 4) is 0 Å². The highest BCUT2D eigenvalue weighted by Gasteiger charge is 2.17. The summed E-state index contributed by atoms with van der Waals surface area (Å²) in [5, 5.41) is 0.343. The third-order valence-electron chi connectivity index (χ3n) is 5.07. The molecule has 0 aromatic carbocycles. The molecular formula is C20H34ClN5. The molecule has 146 valence electrons. The summed E-state index contributed by atoms with van der Waals surface area (Å²) in [6, 6.07) is 0.411. The zero-order valence-electron chi connectivity index (χ0n) is 16.4. The number of fused-ring (bicyclic) bond motifs is 1. The summed E-state index contributed by atoms with van der Waals surface area (Å²) >= 11 is 6.20. The Morgan fingerprint density at radius 3 is 2.08 bits per heavy atom. The molecule has 0 aliphatic heterocycles. The zero-order valence-corrected chi connectivity index (χ0v) is 17.1. The van der Waals surface area contributed by atoms with E-state index in [0.717, 1.165) is 18.5 Å². The topological polar surface area (TPSA) is 69.6 Å². The fourth-order valence-corrected chi connectivity index (χ4v) is 3.77. The number of nitrogens with two attached hydrogens (primary N) is 1. The number of halogens is 1. The van der Waals surface area contributed by atoms with E-state index in [1.807, 2.05) is 6.33 Å². The van der Waals surface area contributed by atoms with Gasteiger partial charge in [-0.05, 0) is 12.8 Å². The van der Waals surface area contributed by atoms with Crippen LogP contribution >= 0.6 is 11.6 Å². The van der Waals surface area contributed by atoms with Gasteiger partial charge in [0.05, 0.1) is 6.33 Å². The second-order valence-corrected chi connectivity index (χ2v) is 7.61. The second-order valence-electron chi connectivity index (χ2n) is 7.26. The van der Waals surface area contributed by atoms with Gasteiger partial charge < -0.3 is 10.3 Å². The molecule has 6 heteroatoms. The van der Waals surface area contributed by atoms with Crippen molar-refractivity contribution in [3.63, 3.8) is 0 Å². The Morgan fingerprint density at radius 2 is 1.50 bits per heavy atom. The molecule has 0 unspecified atom stereocenters. The number of aromatic nitrogens is 4. The van der Waals surface area contributed by atoms with E-state index in [9.17, 15) is 0 Å². The number of hydrogen-bond donors (Lipinski definition) is 1. The van der Waals surface area contributed by atoms with E-state index in [-0.39, 0.29) is 5.95 Å². The molecule has 0 atom stereocenters. The average molecular weight is 380 g/mol. The Kier molecular flexibility index (Phi) is 9.16. The van der Waals surface area contributed by atoms with Crippen molar-refractivity contribution in [2.45, 2.75) is 96.9 Å². The van der Waals surface area contributed by atoms with Crippen LogP contribution in [0, 0.1) is 0 Å². The molecule has 2 aromatic rings. The van der Waals surface area contributed by atoms with Gasteiger partial charge in [-0.15, -0.1) is 0 Å². The zero-order chi connectivity index (χ0) is 18.8. The lowest BCUT2D eigenvalue weighted by Gasteiger charge is -2.19. The van der Waals surface area contributed by atoms with Gasteiger partial charge in [0.15, 0.2) is 10.8 Å². The molecule has 0 radical (unpaired) electrons. The smallest absolute Gasteiger partial charge is 0.223 e. The van der Waals surface area contributed by atoms with Crippen LogP contribution in [0.3, 0.4) is 0 Å². The van der Waals surface area contributed by atoms with Gasteiger partial charge in [0.25, 0.3) is 0 Å². The van der Waals surface area contributed by atoms with Crippen LogP contribution in [0.15, 0.2) is 6.33 Å². The van der Waals surface area contributed by atoms with Crippen LogP contribution in [0.5, 0.6) is 0 Å². The lowest BCUT2D eigenvalue weighted by atomic mass is 10.00. The minimum absolute atomic E-state index is 0.217. The van der Waals surface area contributed by atoms with Crippen LogP contribution in [-0.2, 0) is 0 Å². The third-order valence-corrected chi connectivity index (χ3v) is 5.33. The number of rotatable bonds is 13. The molecule has 0 saturated heterocycles. The maximum atomic E-state index is 6.20. The number of anilines is 1. The molecule has 2 N–H and O–H groups in total. The standard InChI is InChI=1S/C20H34ClN5/c1-3-5-7-9-11-13-16(14-12-10-8-6-4-2)26-15-23-17-18(21)24-20(22)25-19(17)26/h15-16H,3-14H2,1-2H3,(H2,22,24,25). The molecule has 0 aliphatic rings. The first-order chi connectivity index (χ1) is 12.7. The first kappa shape index (κ1) is 20.9. The van der Waals surface area contributed by atoms with Crippen LogP contribution in [0.1, 0.15) is 96.9 Å². The third kappa shape index (κ3) is 6.11. The Bertz CT molecular complexity index is 641. The summed E-state index contributed by atoms with van der Waals surface area (Å²) in [7, 11) is 0. The monoisotopic (exact) mass is 379 g/mol. The van der Waals surface area contributed by atoms with Gasteiger partial charge in [0.1, 0.15) is 5.52 Å². The molecular weight excluding hydrogens is 346 g/mol. The highest BCUT2D eigenvalue weighted by Crippen LogP contribution is 2.28. The summed E-state index contributed by atoms with van der Waals surface area (Å²) in [5.74, 6) is 0.217. The van der Waals surface area contributed by atoms with E-state index >= 15 is 0 Å². The van der Waals surface area contributed by atoms with Crippen LogP contribution in [-0.4, -0.2) is 19.5 Å². The van der Waals surface area contributed by atoms with E-state index in [1.165, 1.54) is 64.2 Å². The Morgan fingerprint density at radius 1 is 0.923 bits per heavy atom. The van der Waals surface area contributed by atoms with Gasteiger partial charge in [-0.25, -0.2) is 4.98 Å². The molecule has 0 bridgehead atoms. The highest BCUT2D eigenvalue weighted by molar-refractivity contribution is 6.33. The molecule has 5 nitrogen and oxygen atoms in total. The average Bonchev–Trinajstić information content (AvgIpc) is 3.03. The van der Waals surface area contributed by atoms with Gasteiger partial charge in [-0.1, -0.05) is 89.7 Å². The number of nitrogens with zero attached hydrogens (tertiary/aromatic N) is 4. The predicted molar refractivity (Wildman–Crippen MR) is 111 cm³/mol. The van der Waals surface area contributed by atoms with Crippen molar-refractivity contribution in [2.75, 3.05) is 5.73 Å². The van der Waals surface area contributed by atoms with Crippen molar-refractivity contribution >= 4 is 28.7 Å². The van der Waals surface area contributed by atoms with Crippen LogP contribution in [0.25, 0.3) is 11.2 Å². The minimum atomic E-state index is 0.217. The first-order valence-electron chi connectivity index (χ1n) is 10.3. The Labute approximate surface area is 162 Å². The minimum Gasteiger partial charge on any atom is -0.368 e. The molecule has 26 heavy (non-hydrogen) atoms. The molecule has 0 fully saturated rings. The second kappa shape index (κ2) is 11.4. The molecule has 0 aliphatic carbocycles. The lowest BCUT2D eigenvalue weighted by Crippen LogP contribution is -2.10. The molecule has 2 rings (SSSR count). The van der Waals surface area contributed by atoms with Crippen LogP contribution in [0.2, 0.25) is 5.15 Å². The maximum Gasteiger partial charge on any atom is 0.223 e. The predicted octanol–water partition coefficient (Wildman–Crippen LogP) is 6.32. The molecule has 0 spiro atoms. The molecule has 2 aromatic heterocycles. The summed E-state index contributed by atoms with van der Waals surface area (Å²) in [6.07, 6.45) is 17.1. The number of unbranched alkanes of at least 4 members (excludes halogenated alkanes) is 8. The van der Waals surface area contributed by atoms with Gasteiger partial charge in [0, 0.05) is 6.04 Å². The van der Waals surface area contributed by atoms with E-state index in [0.29, 0.717) is 16.7 Å². The Hall–Kier alpha value is -1.36. The number of imidazole rings is 1. The van der Waals surface area contributed by atoms with Gasteiger partial charge in [-0.3, -0.25) is 0 Å². The van der Waals surface area contributed by atoms with E-state index in [2.05, 4.69) is 33.4 Å². The van der Waals surface area contributed by atoms with E-state index in [4.69, 9.17) is 17.3 Å². The molecule has 2 heterocycles. The van der Waals surface area contributed by atoms with Gasteiger partial charge in [0.2, 0.25) is 5.95 Å². The normalized spacial score (nSPS) is 11.7. The first-order valence-corrected chi connectivity index (χ1v) is 10.7. The lowest BCUT2D eigenvalue weighted by molar-refractivity contribution is 0.401. The fraction of sp³-hybridized carbons (Fsp3) is 0.750. The Balaban J connectivity index is 2.06. The summed E-state index contributed by atoms with van der Waals surface area (Å²) < 4.78 is 2.18. The quantitative estimate of drug-likeness (QED) is 0.326. The number of hydrogen-bond acceptors (Lipinski definition) is 4. The van der Waals surface area contributed by atoms with Crippen molar-refractivity contribution in [2.24, 2.45) is 0 Å². The number of nitrogen functional groups attached to an aromatic ring is 1. The highest BCUT2D eigenvalue weighted by atomic mass is 35.5. The van der Waals surface area contributed by atoms with Gasteiger partial charge in [-0.2, -0.15) is 9.97 Å². The van der Waals surface area contributed by atoms with Crippen molar-refractivity contribution in [3.05, 3.63) is 11.5 Å². The SMILES string of the molecule is CCCCCCCC(CCCCCCC)n1cnc2c(Cl)nc(N)nc21. The maximum absolute atomic E-state index is 6.20. The summed E-state index contributed by atoms with van der Waals surface area (Å²) in [4.78, 5) is 12.9. The van der Waals surface area contributed by atoms with Crippen molar-refractivity contribution in [1.82, 2.24) is 19.5 Å². The van der Waals surface area contributed by atoms with Crippen LogP contribution in [0.4, 0.5) is 5.95 Å².